The van der Waals surface area contributed by atoms with Gasteiger partial charge in [-0.3, -0.25) is 0 Å². The molecule has 1 aromatic rings. The number of hydrogen-bond acceptors (Lipinski definition) is 2. The highest BCUT2D eigenvalue weighted by atomic mass is 79.9. The molecule has 1 aliphatic rings. The monoisotopic (exact) mass is 361 g/mol. The summed E-state index contributed by atoms with van der Waals surface area (Å²) in [4.78, 5) is 2.48. The van der Waals surface area contributed by atoms with Gasteiger partial charge in [-0.1, -0.05) is 31.9 Å². The van der Waals surface area contributed by atoms with Crippen LogP contribution in [0.4, 0.5) is 5.69 Å². The van der Waals surface area contributed by atoms with Gasteiger partial charge < -0.3 is 9.64 Å². The Bertz CT molecular complexity index is 380. The number of rotatable bonds is 6. The molecule has 94 valence electrons. The van der Waals surface area contributed by atoms with Gasteiger partial charge >= 0.3 is 0 Å². The predicted octanol–water partition coefficient (Wildman–Crippen LogP) is 3.96. The molecule has 0 bridgehead atoms. The molecular weight excluding hydrogens is 346 g/mol. The molecule has 1 fully saturated rings. The molecule has 1 saturated carbocycles. The van der Waals surface area contributed by atoms with Crippen molar-refractivity contribution in [3.63, 3.8) is 0 Å². The van der Waals surface area contributed by atoms with Gasteiger partial charge in [-0.2, -0.15) is 0 Å². The van der Waals surface area contributed by atoms with E-state index in [4.69, 9.17) is 4.74 Å². The molecule has 4 heteroatoms. The van der Waals surface area contributed by atoms with Crippen molar-refractivity contribution >= 4 is 37.5 Å². The summed E-state index contributed by atoms with van der Waals surface area (Å²) >= 11 is 7.10. The molecule has 1 aliphatic carbocycles. The van der Waals surface area contributed by atoms with Gasteiger partial charge in [0.1, 0.15) is 0 Å². The third-order valence-electron chi connectivity index (χ3n) is 3.02. The number of anilines is 1. The molecular formula is C13H17Br2NO. The highest BCUT2D eigenvalue weighted by Gasteiger charge is 2.29. The summed E-state index contributed by atoms with van der Waals surface area (Å²) in [6.45, 7) is 1.76. The molecule has 2 nitrogen and oxygen atoms in total. The average Bonchev–Trinajstić information content (AvgIpc) is 3.15. The van der Waals surface area contributed by atoms with E-state index in [-0.39, 0.29) is 0 Å². The summed E-state index contributed by atoms with van der Waals surface area (Å²) in [5.74, 6) is 0. The van der Waals surface area contributed by atoms with E-state index in [0.29, 0.717) is 6.04 Å². The number of hydrogen-bond donors (Lipinski definition) is 0. The van der Waals surface area contributed by atoms with Crippen LogP contribution in [0.2, 0.25) is 0 Å². The van der Waals surface area contributed by atoms with E-state index >= 15 is 0 Å². The van der Waals surface area contributed by atoms with Crippen LogP contribution in [0.5, 0.6) is 0 Å². The van der Waals surface area contributed by atoms with Crippen molar-refractivity contribution in [3.05, 3.63) is 28.2 Å². The minimum Gasteiger partial charge on any atom is -0.383 e. The Kier molecular flexibility index (Phi) is 4.88. The topological polar surface area (TPSA) is 12.5 Å². The Labute approximate surface area is 120 Å². The van der Waals surface area contributed by atoms with Crippen molar-refractivity contribution in [2.45, 2.75) is 24.2 Å². The predicted molar refractivity (Wildman–Crippen MR) is 79.0 cm³/mol. The van der Waals surface area contributed by atoms with Gasteiger partial charge in [0.15, 0.2) is 0 Å². The quantitative estimate of drug-likeness (QED) is 0.710. The van der Waals surface area contributed by atoms with Crippen molar-refractivity contribution in [2.24, 2.45) is 0 Å². The number of benzene rings is 1. The zero-order chi connectivity index (χ0) is 12.3. The standard InChI is InChI=1S/C13H17Br2NO/c1-17-7-6-16(12-3-4-12)13-5-2-11(15)8-10(13)9-14/h2,5,8,12H,3-4,6-7,9H2,1H3. The number of ether oxygens (including phenoxy) is 1. The summed E-state index contributed by atoms with van der Waals surface area (Å²) in [6.07, 6.45) is 2.61. The SMILES string of the molecule is COCCN(c1ccc(Br)cc1CBr)C1CC1. The molecule has 0 amide bonds. The highest BCUT2D eigenvalue weighted by molar-refractivity contribution is 9.10. The minimum absolute atomic E-state index is 0.712. The number of nitrogens with zero attached hydrogens (tertiary/aromatic N) is 1. The van der Waals surface area contributed by atoms with Gasteiger partial charge in [0.2, 0.25) is 0 Å². The van der Waals surface area contributed by atoms with Crippen molar-refractivity contribution in [1.29, 1.82) is 0 Å². The Morgan fingerprint density at radius 3 is 2.76 bits per heavy atom. The molecule has 0 aromatic heterocycles. The van der Waals surface area contributed by atoms with E-state index in [1.165, 1.54) is 24.1 Å². The third-order valence-corrected chi connectivity index (χ3v) is 4.12. The van der Waals surface area contributed by atoms with Crippen molar-refractivity contribution in [2.75, 3.05) is 25.2 Å². The Morgan fingerprint density at radius 1 is 1.41 bits per heavy atom. The van der Waals surface area contributed by atoms with Crippen LogP contribution in [0.25, 0.3) is 0 Å². The van der Waals surface area contributed by atoms with Crippen molar-refractivity contribution in [3.8, 4) is 0 Å². The summed E-state index contributed by atoms with van der Waals surface area (Å²) in [5.41, 5.74) is 2.67. The third kappa shape index (κ3) is 3.46. The lowest BCUT2D eigenvalue weighted by molar-refractivity contribution is 0.205. The maximum absolute atomic E-state index is 5.21. The van der Waals surface area contributed by atoms with E-state index in [1.807, 2.05) is 0 Å². The van der Waals surface area contributed by atoms with Gasteiger partial charge in [-0.15, -0.1) is 0 Å². The van der Waals surface area contributed by atoms with Crippen LogP contribution < -0.4 is 4.90 Å². The maximum atomic E-state index is 5.21. The molecule has 0 N–H and O–H groups in total. The molecule has 0 radical (unpaired) electrons. The molecule has 0 heterocycles. The van der Waals surface area contributed by atoms with E-state index in [0.717, 1.165) is 23.0 Å². The first-order valence-corrected chi connectivity index (χ1v) is 7.77. The van der Waals surface area contributed by atoms with Crippen LogP contribution in [0, 0.1) is 0 Å². The molecule has 17 heavy (non-hydrogen) atoms. The van der Waals surface area contributed by atoms with E-state index in [1.54, 1.807) is 7.11 Å². The number of methoxy groups -OCH3 is 1. The molecule has 0 atom stereocenters. The molecule has 1 aromatic carbocycles. The fourth-order valence-corrected chi connectivity index (χ4v) is 2.87. The Morgan fingerprint density at radius 2 is 2.18 bits per heavy atom. The highest BCUT2D eigenvalue weighted by Crippen LogP contribution is 2.35. The van der Waals surface area contributed by atoms with Gasteiger partial charge in [0, 0.05) is 35.2 Å². The van der Waals surface area contributed by atoms with Crippen LogP contribution in [-0.2, 0) is 10.1 Å². The van der Waals surface area contributed by atoms with Gasteiger partial charge in [-0.05, 0) is 36.6 Å². The Balaban J connectivity index is 2.21. The second-order valence-electron chi connectivity index (χ2n) is 4.32. The lowest BCUT2D eigenvalue weighted by atomic mass is 10.2. The van der Waals surface area contributed by atoms with Crippen LogP contribution >= 0.6 is 31.9 Å². The zero-order valence-corrected chi connectivity index (χ0v) is 13.1. The van der Waals surface area contributed by atoms with Crippen molar-refractivity contribution < 1.29 is 4.74 Å². The fraction of sp³-hybridized carbons (Fsp3) is 0.538. The smallest absolute Gasteiger partial charge is 0.0637 e. The first-order chi connectivity index (χ1) is 8.26. The summed E-state index contributed by atoms with van der Waals surface area (Å²) in [6, 6.07) is 7.22. The van der Waals surface area contributed by atoms with Crippen LogP contribution in [0.15, 0.2) is 22.7 Å². The number of halogens is 2. The zero-order valence-electron chi connectivity index (χ0n) is 9.96. The second-order valence-corrected chi connectivity index (χ2v) is 5.80. The second kappa shape index (κ2) is 6.21. The molecule has 0 aliphatic heterocycles. The van der Waals surface area contributed by atoms with Crippen LogP contribution in [0.3, 0.4) is 0 Å². The van der Waals surface area contributed by atoms with E-state index < -0.39 is 0 Å². The summed E-state index contributed by atoms with van der Waals surface area (Å²) in [7, 11) is 1.76. The average molecular weight is 363 g/mol. The van der Waals surface area contributed by atoms with Gasteiger partial charge in [0.05, 0.1) is 6.61 Å². The molecule has 2 rings (SSSR count). The summed E-state index contributed by atoms with van der Waals surface area (Å²) in [5, 5.41) is 0.887. The molecule has 0 unspecified atom stereocenters. The maximum Gasteiger partial charge on any atom is 0.0637 e. The summed E-state index contributed by atoms with van der Waals surface area (Å²) < 4.78 is 6.34. The lowest BCUT2D eigenvalue weighted by Gasteiger charge is -2.26. The molecule has 0 spiro atoms. The lowest BCUT2D eigenvalue weighted by Crippen LogP contribution is -2.30. The van der Waals surface area contributed by atoms with Gasteiger partial charge in [-0.25, -0.2) is 0 Å². The first-order valence-electron chi connectivity index (χ1n) is 5.86. The largest absolute Gasteiger partial charge is 0.383 e. The first kappa shape index (κ1) is 13.4. The minimum atomic E-state index is 0.712. The Hall–Kier alpha value is -0.0600. The van der Waals surface area contributed by atoms with Crippen LogP contribution in [-0.4, -0.2) is 26.3 Å². The fourth-order valence-electron chi connectivity index (χ4n) is 2.02. The number of alkyl halides is 1. The van der Waals surface area contributed by atoms with Crippen LogP contribution in [0.1, 0.15) is 18.4 Å². The van der Waals surface area contributed by atoms with E-state index in [9.17, 15) is 0 Å². The van der Waals surface area contributed by atoms with E-state index in [2.05, 4.69) is 55.0 Å². The van der Waals surface area contributed by atoms with Crippen molar-refractivity contribution in [1.82, 2.24) is 0 Å². The molecule has 0 saturated heterocycles. The van der Waals surface area contributed by atoms with Gasteiger partial charge in [0.25, 0.3) is 0 Å². The normalized spacial score (nSPS) is 15.0.